The highest BCUT2D eigenvalue weighted by atomic mass is 16.5. The van der Waals surface area contributed by atoms with E-state index in [0.29, 0.717) is 45.9 Å². The number of esters is 1. The van der Waals surface area contributed by atoms with Crippen LogP contribution in [0.4, 0.5) is 0 Å². The molecule has 0 saturated carbocycles. The largest absolute Gasteiger partial charge is 0.468 e. The molecular formula is C14H25N3O4. The molecule has 2 fully saturated rings. The summed E-state index contributed by atoms with van der Waals surface area (Å²) in [5.74, 6) is -0.153. The maximum Gasteiger partial charge on any atom is 0.319 e. The van der Waals surface area contributed by atoms with Gasteiger partial charge in [0.05, 0.1) is 32.8 Å². The summed E-state index contributed by atoms with van der Waals surface area (Å²) in [6, 6.07) is 0.121. The first-order valence-corrected chi connectivity index (χ1v) is 7.54. The van der Waals surface area contributed by atoms with Gasteiger partial charge in [0.2, 0.25) is 5.91 Å². The molecule has 0 spiro atoms. The highest BCUT2D eigenvalue weighted by Gasteiger charge is 2.37. The van der Waals surface area contributed by atoms with Gasteiger partial charge in [-0.3, -0.25) is 14.5 Å². The lowest BCUT2D eigenvalue weighted by atomic mass is 10.0. The van der Waals surface area contributed by atoms with E-state index in [1.54, 1.807) is 0 Å². The average molecular weight is 299 g/mol. The zero-order chi connectivity index (χ0) is 15.2. The standard InChI is InChI=1S/C14H25N3O4/c1-3-15-12-10-21-9-11(12)14(19)17-6-4-16(5-7-17)8-13(18)20-2/h11-12,15H,3-10H2,1-2H3. The van der Waals surface area contributed by atoms with Crippen molar-refractivity contribution in [3.8, 4) is 0 Å². The van der Waals surface area contributed by atoms with Crippen LogP contribution in [0.5, 0.6) is 0 Å². The number of likely N-dealkylation sites (N-methyl/N-ethyl adjacent to an activating group) is 1. The SMILES string of the molecule is CCNC1COCC1C(=O)N1CCN(CC(=O)OC)CC1. The Balaban J connectivity index is 1.81. The second-order valence-electron chi connectivity index (χ2n) is 5.49. The molecule has 1 amide bonds. The molecule has 120 valence electrons. The number of methoxy groups -OCH3 is 1. The fraction of sp³-hybridized carbons (Fsp3) is 0.857. The quantitative estimate of drug-likeness (QED) is 0.652. The summed E-state index contributed by atoms with van der Waals surface area (Å²) in [5.41, 5.74) is 0. The van der Waals surface area contributed by atoms with Crippen LogP contribution in [0, 0.1) is 5.92 Å². The number of ether oxygens (including phenoxy) is 2. The third kappa shape index (κ3) is 4.15. The van der Waals surface area contributed by atoms with Crippen molar-refractivity contribution in [2.24, 2.45) is 5.92 Å². The highest BCUT2D eigenvalue weighted by Crippen LogP contribution is 2.18. The molecule has 2 unspecified atom stereocenters. The number of hydrogen-bond acceptors (Lipinski definition) is 6. The molecule has 2 atom stereocenters. The van der Waals surface area contributed by atoms with E-state index in [4.69, 9.17) is 4.74 Å². The lowest BCUT2D eigenvalue weighted by Gasteiger charge is -2.36. The molecule has 2 heterocycles. The molecule has 2 aliphatic heterocycles. The first-order valence-electron chi connectivity index (χ1n) is 7.54. The Morgan fingerprint density at radius 2 is 1.95 bits per heavy atom. The predicted octanol–water partition coefficient (Wildman–Crippen LogP) is -1.07. The van der Waals surface area contributed by atoms with E-state index in [0.717, 1.165) is 6.54 Å². The molecule has 1 N–H and O–H groups in total. The van der Waals surface area contributed by atoms with Crippen LogP contribution in [0.3, 0.4) is 0 Å². The molecule has 7 heteroatoms. The number of hydrogen-bond donors (Lipinski definition) is 1. The second-order valence-corrected chi connectivity index (χ2v) is 5.49. The van der Waals surface area contributed by atoms with Crippen LogP contribution in [0.25, 0.3) is 0 Å². The molecule has 0 radical (unpaired) electrons. The maximum absolute atomic E-state index is 12.6. The third-order valence-corrected chi connectivity index (χ3v) is 4.13. The number of carbonyl (C=O) groups is 2. The minimum Gasteiger partial charge on any atom is -0.468 e. The molecule has 2 rings (SSSR count). The van der Waals surface area contributed by atoms with Gasteiger partial charge in [0.25, 0.3) is 0 Å². The number of nitrogens with one attached hydrogen (secondary N) is 1. The minimum absolute atomic E-state index is 0.0860. The van der Waals surface area contributed by atoms with Crippen molar-refractivity contribution in [2.45, 2.75) is 13.0 Å². The summed E-state index contributed by atoms with van der Waals surface area (Å²) < 4.78 is 10.1. The molecule has 0 aliphatic carbocycles. The number of amides is 1. The summed E-state index contributed by atoms with van der Waals surface area (Å²) in [7, 11) is 1.39. The molecule has 0 aromatic heterocycles. The summed E-state index contributed by atoms with van der Waals surface area (Å²) in [6.45, 7) is 7.00. The Morgan fingerprint density at radius 3 is 2.57 bits per heavy atom. The van der Waals surface area contributed by atoms with Gasteiger partial charge in [-0.25, -0.2) is 0 Å². The average Bonchev–Trinajstić information content (AvgIpc) is 2.96. The van der Waals surface area contributed by atoms with E-state index in [2.05, 4.69) is 10.1 Å². The lowest BCUT2D eigenvalue weighted by molar-refractivity contribution is -0.143. The van der Waals surface area contributed by atoms with Gasteiger partial charge in [-0.15, -0.1) is 0 Å². The van der Waals surface area contributed by atoms with Gasteiger partial charge in [0.1, 0.15) is 0 Å². The predicted molar refractivity (Wildman–Crippen MR) is 76.8 cm³/mol. The summed E-state index contributed by atoms with van der Waals surface area (Å²) in [5, 5.41) is 3.31. The van der Waals surface area contributed by atoms with Crippen LogP contribution in [0.2, 0.25) is 0 Å². The van der Waals surface area contributed by atoms with E-state index in [-0.39, 0.29) is 23.8 Å². The lowest BCUT2D eigenvalue weighted by Crippen LogP contribution is -2.53. The van der Waals surface area contributed by atoms with E-state index in [9.17, 15) is 9.59 Å². The van der Waals surface area contributed by atoms with E-state index < -0.39 is 0 Å². The topological polar surface area (TPSA) is 71.1 Å². The Morgan fingerprint density at radius 1 is 1.24 bits per heavy atom. The molecule has 2 saturated heterocycles. The van der Waals surface area contributed by atoms with Gasteiger partial charge in [-0.2, -0.15) is 0 Å². The van der Waals surface area contributed by atoms with Gasteiger partial charge >= 0.3 is 5.97 Å². The first kappa shape index (κ1) is 16.2. The molecule has 21 heavy (non-hydrogen) atoms. The van der Waals surface area contributed by atoms with Crippen molar-refractivity contribution >= 4 is 11.9 Å². The van der Waals surface area contributed by atoms with Gasteiger partial charge in [0.15, 0.2) is 0 Å². The van der Waals surface area contributed by atoms with Crippen LogP contribution in [0.15, 0.2) is 0 Å². The molecular weight excluding hydrogens is 274 g/mol. The van der Waals surface area contributed by atoms with Crippen LogP contribution in [-0.4, -0.2) is 87.3 Å². The number of piperazine rings is 1. The minimum atomic E-state index is -0.230. The van der Waals surface area contributed by atoms with Gasteiger partial charge in [-0.1, -0.05) is 6.92 Å². The van der Waals surface area contributed by atoms with E-state index >= 15 is 0 Å². The van der Waals surface area contributed by atoms with E-state index in [1.807, 2.05) is 16.7 Å². The Kier molecular flexibility index (Phi) is 5.96. The van der Waals surface area contributed by atoms with Crippen molar-refractivity contribution in [3.63, 3.8) is 0 Å². The molecule has 0 aromatic carbocycles. The van der Waals surface area contributed by atoms with Crippen molar-refractivity contribution < 1.29 is 19.1 Å². The Bertz CT molecular complexity index is 369. The smallest absolute Gasteiger partial charge is 0.319 e. The molecule has 2 aliphatic rings. The first-order chi connectivity index (χ1) is 10.2. The number of rotatable bonds is 5. The fourth-order valence-electron chi connectivity index (χ4n) is 2.87. The molecule has 0 bridgehead atoms. The summed E-state index contributed by atoms with van der Waals surface area (Å²) in [6.07, 6.45) is 0. The van der Waals surface area contributed by atoms with Crippen molar-refractivity contribution in [3.05, 3.63) is 0 Å². The van der Waals surface area contributed by atoms with Gasteiger partial charge in [0, 0.05) is 32.2 Å². The van der Waals surface area contributed by atoms with Crippen molar-refractivity contribution in [2.75, 3.05) is 59.6 Å². The summed E-state index contributed by atoms with van der Waals surface area (Å²) in [4.78, 5) is 27.7. The van der Waals surface area contributed by atoms with Crippen LogP contribution in [0.1, 0.15) is 6.92 Å². The monoisotopic (exact) mass is 299 g/mol. The highest BCUT2D eigenvalue weighted by molar-refractivity contribution is 5.80. The number of carbonyl (C=O) groups excluding carboxylic acids is 2. The number of nitrogens with zero attached hydrogens (tertiary/aromatic N) is 2. The van der Waals surface area contributed by atoms with Crippen molar-refractivity contribution in [1.29, 1.82) is 0 Å². The normalized spacial score (nSPS) is 26.9. The molecule has 0 aromatic rings. The van der Waals surface area contributed by atoms with Crippen molar-refractivity contribution in [1.82, 2.24) is 15.1 Å². The van der Waals surface area contributed by atoms with Crippen LogP contribution < -0.4 is 5.32 Å². The van der Waals surface area contributed by atoms with Crippen LogP contribution in [-0.2, 0) is 19.1 Å². The van der Waals surface area contributed by atoms with Gasteiger partial charge in [-0.05, 0) is 6.54 Å². The fourth-order valence-corrected chi connectivity index (χ4v) is 2.87. The van der Waals surface area contributed by atoms with E-state index in [1.165, 1.54) is 7.11 Å². The second kappa shape index (κ2) is 7.72. The zero-order valence-electron chi connectivity index (χ0n) is 12.8. The Labute approximate surface area is 125 Å². The zero-order valence-corrected chi connectivity index (χ0v) is 12.8. The maximum atomic E-state index is 12.6. The Hall–Kier alpha value is -1.18. The third-order valence-electron chi connectivity index (χ3n) is 4.13. The molecule has 7 nitrogen and oxygen atoms in total. The van der Waals surface area contributed by atoms with Gasteiger partial charge < -0.3 is 19.7 Å². The summed E-state index contributed by atoms with van der Waals surface area (Å²) >= 11 is 0. The van der Waals surface area contributed by atoms with Crippen LogP contribution >= 0.6 is 0 Å².